The second-order valence-electron chi connectivity index (χ2n) is 9.02. The number of carbonyl (C=O) groups excluding carboxylic acids is 1. The number of piperazine rings is 1. The van der Waals surface area contributed by atoms with Crippen molar-refractivity contribution < 1.29 is 14.3 Å². The summed E-state index contributed by atoms with van der Waals surface area (Å²) in [5, 5.41) is 13.0. The van der Waals surface area contributed by atoms with Crippen LogP contribution in [0.2, 0.25) is 0 Å². The number of hydrogen-bond donors (Lipinski definition) is 2. The van der Waals surface area contributed by atoms with E-state index in [4.69, 9.17) is 0 Å². The second-order valence-corrected chi connectivity index (χ2v) is 9.02. The number of rotatable bonds is 7. The highest BCUT2D eigenvalue weighted by Gasteiger charge is 2.22. The van der Waals surface area contributed by atoms with Crippen LogP contribution in [0.25, 0.3) is 5.57 Å². The molecule has 0 saturated carbocycles. The predicted octanol–water partition coefficient (Wildman–Crippen LogP) is 2.46. The van der Waals surface area contributed by atoms with Gasteiger partial charge in [-0.1, -0.05) is 43.4 Å². The molecule has 9 heteroatoms. The minimum Gasteiger partial charge on any atom is -0.501 e. The Morgan fingerprint density at radius 1 is 1.08 bits per heavy atom. The molecule has 2 N–H and O–H groups in total. The Balaban J connectivity index is 1.48. The van der Waals surface area contributed by atoms with Gasteiger partial charge >= 0.3 is 0 Å². The second kappa shape index (κ2) is 11.5. The van der Waals surface area contributed by atoms with E-state index in [9.17, 15) is 19.1 Å². The van der Waals surface area contributed by atoms with E-state index in [2.05, 4.69) is 33.1 Å². The molecular weight excluding hydrogens is 461 g/mol. The maximum Gasteiger partial charge on any atom is 0.296 e. The van der Waals surface area contributed by atoms with Crippen LogP contribution in [0.4, 0.5) is 4.39 Å². The first-order valence-corrected chi connectivity index (χ1v) is 12.2. The lowest BCUT2D eigenvalue weighted by atomic mass is 10.1. The number of hydrogen-bond acceptors (Lipinski definition) is 6. The Morgan fingerprint density at radius 3 is 2.47 bits per heavy atom. The number of likely N-dealkylation sites (N-methyl/N-ethyl adjacent to an activating group) is 1. The van der Waals surface area contributed by atoms with E-state index in [0.717, 1.165) is 39.3 Å². The van der Waals surface area contributed by atoms with Gasteiger partial charge in [-0.15, -0.1) is 0 Å². The van der Waals surface area contributed by atoms with E-state index in [0.29, 0.717) is 23.4 Å². The molecule has 0 unspecified atom stereocenters. The summed E-state index contributed by atoms with van der Waals surface area (Å²) in [5.74, 6) is -1.46. The van der Waals surface area contributed by atoms with Crippen molar-refractivity contribution >= 4 is 11.5 Å². The van der Waals surface area contributed by atoms with Crippen molar-refractivity contribution in [2.45, 2.75) is 19.9 Å². The molecule has 1 aliphatic heterocycles. The van der Waals surface area contributed by atoms with E-state index in [1.807, 2.05) is 18.2 Å². The fraction of sp³-hybridized carbons (Fsp3) is 0.370. The summed E-state index contributed by atoms with van der Waals surface area (Å²) in [6, 6.07) is 5.69. The van der Waals surface area contributed by atoms with Crippen molar-refractivity contribution in [3.63, 3.8) is 0 Å². The molecule has 0 spiro atoms. The van der Waals surface area contributed by atoms with Crippen LogP contribution in [0.15, 0.2) is 58.9 Å². The van der Waals surface area contributed by atoms with Gasteiger partial charge in [0.2, 0.25) is 5.75 Å². The molecule has 2 aromatic rings. The van der Waals surface area contributed by atoms with E-state index >= 15 is 0 Å². The monoisotopic (exact) mass is 493 g/mol. The van der Waals surface area contributed by atoms with E-state index < -0.39 is 17.2 Å². The Labute approximate surface area is 210 Å². The minimum absolute atomic E-state index is 0.104. The molecule has 1 aromatic carbocycles. The molecule has 1 fully saturated rings. The van der Waals surface area contributed by atoms with Gasteiger partial charge < -0.3 is 15.3 Å². The number of carbonyl (C=O) groups is 1. The number of allylic oxidation sites excluding steroid dienone is 4. The summed E-state index contributed by atoms with van der Waals surface area (Å²) < 4.78 is 14.4. The van der Waals surface area contributed by atoms with Crippen LogP contribution in [-0.4, -0.2) is 69.6 Å². The zero-order chi connectivity index (χ0) is 25.7. The molecule has 2 heterocycles. The molecule has 0 radical (unpaired) electrons. The van der Waals surface area contributed by atoms with Crippen LogP contribution in [0.1, 0.15) is 35.2 Å². The molecule has 8 nitrogen and oxygen atoms in total. The molecule has 2 aliphatic rings. The highest BCUT2D eigenvalue weighted by Crippen LogP contribution is 2.21. The standard InChI is InChI=1S/C27H32FN5O3/c1-3-32-13-15-33(16-14-32)18-20-5-4-6-21(10-7-20)25-30-23(24(34)27(36)31(25)2)26(35)29-17-19-8-11-22(28)12-9-19/h5-12,34H,3-4,13-18H2,1-2H3,(H,29,35). The summed E-state index contributed by atoms with van der Waals surface area (Å²) >= 11 is 0. The SMILES string of the molecule is CCN1CCN(CC2=CCC=C(c3nc(C(=O)NCc4ccc(F)cc4)c(O)c(=O)n3C)C=C2)CC1. The van der Waals surface area contributed by atoms with Gasteiger partial charge in [-0.3, -0.25) is 19.1 Å². The molecule has 1 saturated heterocycles. The van der Waals surface area contributed by atoms with Crippen LogP contribution in [-0.2, 0) is 13.6 Å². The lowest BCUT2D eigenvalue weighted by molar-refractivity contribution is 0.0942. The molecule has 1 aliphatic carbocycles. The Hall–Kier alpha value is -3.56. The maximum atomic E-state index is 13.1. The van der Waals surface area contributed by atoms with Gasteiger partial charge in [0.15, 0.2) is 5.69 Å². The highest BCUT2D eigenvalue weighted by atomic mass is 19.1. The molecule has 0 atom stereocenters. The van der Waals surface area contributed by atoms with Gasteiger partial charge in [-0.25, -0.2) is 9.37 Å². The quantitative estimate of drug-likeness (QED) is 0.616. The van der Waals surface area contributed by atoms with Crippen molar-refractivity contribution in [2.75, 3.05) is 39.3 Å². The molecule has 36 heavy (non-hydrogen) atoms. The van der Waals surface area contributed by atoms with Gasteiger partial charge in [0, 0.05) is 51.9 Å². The first-order chi connectivity index (χ1) is 17.4. The number of nitrogens with one attached hydrogen (secondary N) is 1. The summed E-state index contributed by atoms with van der Waals surface area (Å²) in [5.41, 5.74) is 1.53. The summed E-state index contributed by atoms with van der Waals surface area (Å²) in [6.45, 7) is 8.43. The number of benzene rings is 1. The van der Waals surface area contributed by atoms with Crippen molar-refractivity contribution in [3.05, 3.63) is 87.4 Å². The molecule has 1 amide bonds. The van der Waals surface area contributed by atoms with Crippen molar-refractivity contribution in [1.82, 2.24) is 24.7 Å². The predicted molar refractivity (Wildman–Crippen MR) is 137 cm³/mol. The Kier molecular flexibility index (Phi) is 8.12. The van der Waals surface area contributed by atoms with Gasteiger partial charge in [-0.2, -0.15) is 0 Å². The molecule has 4 rings (SSSR count). The van der Waals surface area contributed by atoms with Crippen LogP contribution >= 0.6 is 0 Å². The Bertz CT molecular complexity index is 1260. The number of aromatic hydroxyl groups is 1. The molecule has 1 aromatic heterocycles. The van der Waals surface area contributed by atoms with Gasteiger partial charge in [0.05, 0.1) is 0 Å². The molecular formula is C27H32FN5O3. The largest absolute Gasteiger partial charge is 0.501 e. The summed E-state index contributed by atoms with van der Waals surface area (Å²) in [4.78, 5) is 34.7. The summed E-state index contributed by atoms with van der Waals surface area (Å²) in [7, 11) is 1.52. The number of halogens is 1. The lowest BCUT2D eigenvalue weighted by Gasteiger charge is -2.34. The lowest BCUT2D eigenvalue weighted by Crippen LogP contribution is -2.46. The maximum absolute atomic E-state index is 13.1. The average molecular weight is 494 g/mol. The van der Waals surface area contributed by atoms with Crippen molar-refractivity contribution in [3.8, 4) is 5.75 Å². The number of amides is 1. The topological polar surface area (TPSA) is 90.7 Å². The zero-order valence-corrected chi connectivity index (χ0v) is 20.7. The van der Waals surface area contributed by atoms with Crippen molar-refractivity contribution in [2.24, 2.45) is 7.05 Å². The third-order valence-corrected chi connectivity index (χ3v) is 6.62. The Morgan fingerprint density at radius 2 is 1.78 bits per heavy atom. The van der Waals surface area contributed by atoms with E-state index in [-0.39, 0.29) is 18.1 Å². The normalized spacial score (nSPS) is 16.9. The van der Waals surface area contributed by atoms with Gasteiger partial charge in [0.1, 0.15) is 11.6 Å². The van der Waals surface area contributed by atoms with Crippen LogP contribution < -0.4 is 10.9 Å². The fourth-order valence-corrected chi connectivity index (χ4v) is 4.35. The number of aromatic nitrogens is 2. The van der Waals surface area contributed by atoms with Gasteiger partial charge in [0.25, 0.3) is 11.5 Å². The van der Waals surface area contributed by atoms with E-state index in [1.54, 1.807) is 12.1 Å². The zero-order valence-electron chi connectivity index (χ0n) is 20.7. The highest BCUT2D eigenvalue weighted by molar-refractivity contribution is 5.95. The minimum atomic E-state index is -0.707. The first kappa shape index (κ1) is 25.5. The molecule has 0 bridgehead atoms. The third kappa shape index (κ3) is 5.98. The van der Waals surface area contributed by atoms with E-state index in [1.165, 1.54) is 29.3 Å². The first-order valence-electron chi connectivity index (χ1n) is 12.2. The molecule has 190 valence electrons. The third-order valence-electron chi connectivity index (χ3n) is 6.62. The van der Waals surface area contributed by atoms with Crippen molar-refractivity contribution in [1.29, 1.82) is 0 Å². The summed E-state index contributed by atoms with van der Waals surface area (Å²) in [6.07, 6.45) is 8.70. The van der Waals surface area contributed by atoms with Crippen LogP contribution in [0.3, 0.4) is 0 Å². The van der Waals surface area contributed by atoms with Gasteiger partial charge in [-0.05, 0) is 36.2 Å². The van der Waals surface area contributed by atoms with Crippen LogP contribution in [0.5, 0.6) is 5.75 Å². The average Bonchev–Trinajstić information content (AvgIpc) is 3.13. The smallest absolute Gasteiger partial charge is 0.296 e. The van der Waals surface area contributed by atoms with Crippen LogP contribution in [0, 0.1) is 5.82 Å². The fourth-order valence-electron chi connectivity index (χ4n) is 4.35. The number of nitrogens with zero attached hydrogens (tertiary/aromatic N) is 4.